The maximum absolute atomic E-state index is 5.09. The van der Waals surface area contributed by atoms with E-state index in [2.05, 4.69) is 47.7 Å². The van der Waals surface area contributed by atoms with Crippen molar-refractivity contribution in [2.24, 2.45) is 10.9 Å². The number of methoxy groups -OCH3 is 1. The first kappa shape index (κ1) is 21.3. The van der Waals surface area contributed by atoms with Crippen LogP contribution >= 0.6 is 35.7 Å². The molecule has 0 saturated carbocycles. The number of halogens is 1. The smallest absolute Gasteiger partial charge is 0.212 e. The minimum Gasteiger partial charge on any atom is -0.481 e. The number of aliphatic imine (C=N–C) groups is 1. The molecule has 0 aliphatic carbocycles. The zero-order valence-corrected chi connectivity index (χ0v) is 18.1. The average molecular weight is 464 g/mol. The number of ether oxygens (including phenoxy) is 1. The van der Waals surface area contributed by atoms with E-state index < -0.39 is 0 Å². The van der Waals surface area contributed by atoms with Crippen molar-refractivity contribution in [2.75, 3.05) is 32.5 Å². The monoisotopic (exact) mass is 464 g/mol. The van der Waals surface area contributed by atoms with Crippen LogP contribution in [0.2, 0.25) is 0 Å². The van der Waals surface area contributed by atoms with Gasteiger partial charge in [-0.1, -0.05) is 19.9 Å². The summed E-state index contributed by atoms with van der Waals surface area (Å²) in [4.78, 5) is 11.4. The molecule has 1 fully saturated rings. The first-order valence-electron chi connectivity index (χ1n) is 8.27. The molecule has 0 aromatic carbocycles. The van der Waals surface area contributed by atoms with E-state index in [4.69, 9.17) is 9.73 Å². The first-order chi connectivity index (χ1) is 11.1. The number of rotatable bonds is 5. The van der Waals surface area contributed by atoms with E-state index >= 15 is 0 Å². The highest BCUT2D eigenvalue weighted by molar-refractivity contribution is 14.0. The minimum absolute atomic E-state index is 0. The van der Waals surface area contributed by atoms with Crippen molar-refractivity contribution in [3.8, 4) is 5.88 Å². The third-order valence-corrected chi connectivity index (χ3v) is 5.43. The molecule has 1 atom stereocenters. The van der Waals surface area contributed by atoms with E-state index in [-0.39, 0.29) is 24.0 Å². The molecular weight excluding hydrogens is 435 g/mol. The van der Waals surface area contributed by atoms with E-state index in [1.54, 1.807) is 7.11 Å². The van der Waals surface area contributed by atoms with E-state index in [9.17, 15) is 0 Å². The van der Waals surface area contributed by atoms with Crippen LogP contribution in [0.3, 0.4) is 0 Å². The molecule has 0 amide bonds. The molecule has 2 heterocycles. The van der Waals surface area contributed by atoms with Crippen LogP contribution in [0.25, 0.3) is 0 Å². The van der Waals surface area contributed by atoms with Crippen molar-refractivity contribution in [1.29, 1.82) is 0 Å². The summed E-state index contributed by atoms with van der Waals surface area (Å²) in [5.41, 5.74) is 1.09. The molecule has 5 nitrogen and oxygen atoms in total. The Bertz CT molecular complexity index is 510. The Balaban J connectivity index is 0.00000288. The molecule has 1 saturated heterocycles. The Morgan fingerprint density at radius 3 is 2.88 bits per heavy atom. The highest BCUT2D eigenvalue weighted by atomic mass is 127. The number of guanidine groups is 1. The summed E-state index contributed by atoms with van der Waals surface area (Å²) in [6, 6.07) is 3.89. The van der Waals surface area contributed by atoms with Gasteiger partial charge in [0.1, 0.15) is 0 Å². The van der Waals surface area contributed by atoms with Gasteiger partial charge in [-0.15, -0.1) is 24.0 Å². The average Bonchev–Trinajstić information content (AvgIpc) is 2.59. The number of aromatic nitrogens is 1. The third kappa shape index (κ3) is 6.31. The zero-order valence-electron chi connectivity index (χ0n) is 15.0. The molecule has 1 N–H and O–H groups in total. The van der Waals surface area contributed by atoms with Gasteiger partial charge in [-0.05, 0) is 18.4 Å². The maximum atomic E-state index is 5.09. The van der Waals surface area contributed by atoms with Crippen molar-refractivity contribution < 1.29 is 4.74 Å². The van der Waals surface area contributed by atoms with Gasteiger partial charge in [-0.3, -0.25) is 0 Å². The van der Waals surface area contributed by atoms with Gasteiger partial charge in [-0.2, -0.15) is 11.8 Å². The van der Waals surface area contributed by atoms with Crippen LogP contribution in [0, 0.1) is 5.92 Å². The fourth-order valence-corrected chi connectivity index (χ4v) is 3.79. The lowest BCUT2D eigenvalue weighted by Gasteiger charge is -2.36. The van der Waals surface area contributed by atoms with Crippen LogP contribution in [0.5, 0.6) is 5.88 Å². The Kier molecular flexibility index (Phi) is 9.80. The summed E-state index contributed by atoms with van der Waals surface area (Å²) >= 11 is 2.08. The van der Waals surface area contributed by atoms with Crippen LogP contribution in [0.1, 0.15) is 26.3 Å². The van der Waals surface area contributed by atoms with Crippen molar-refractivity contribution in [1.82, 2.24) is 15.2 Å². The topological polar surface area (TPSA) is 49.8 Å². The van der Waals surface area contributed by atoms with Crippen molar-refractivity contribution in [2.45, 2.75) is 32.6 Å². The quantitative estimate of drug-likeness (QED) is 0.412. The Labute approximate surface area is 167 Å². The van der Waals surface area contributed by atoms with E-state index in [0.29, 0.717) is 23.6 Å². The predicted molar refractivity (Wildman–Crippen MR) is 114 cm³/mol. The van der Waals surface area contributed by atoms with Crippen LogP contribution in [-0.2, 0) is 6.54 Å². The largest absolute Gasteiger partial charge is 0.481 e. The van der Waals surface area contributed by atoms with Crippen LogP contribution in [0.4, 0.5) is 0 Å². The number of pyridine rings is 1. The van der Waals surface area contributed by atoms with Gasteiger partial charge in [0.25, 0.3) is 0 Å². The molecule has 1 aliphatic rings. The standard InChI is InChI=1S/C17H28N4OS.HI/c1-5-18-17(21-8-9-23-15(12-21)13(2)3)20-11-14-6-7-16(22-4)19-10-14;/h6-7,10,13,15H,5,8-9,11-12H2,1-4H3,(H,18,20);1H. The molecule has 0 bridgehead atoms. The highest BCUT2D eigenvalue weighted by Crippen LogP contribution is 2.25. The lowest BCUT2D eigenvalue weighted by atomic mass is 10.1. The minimum atomic E-state index is 0. The molecule has 1 aromatic heterocycles. The lowest BCUT2D eigenvalue weighted by Crippen LogP contribution is -2.49. The molecular formula is C17H29IN4OS. The van der Waals surface area contributed by atoms with Crippen molar-refractivity contribution in [3.05, 3.63) is 23.9 Å². The van der Waals surface area contributed by atoms with E-state index in [1.807, 2.05) is 18.3 Å². The number of hydrogen-bond acceptors (Lipinski definition) is 4. The Morgan fingerprint density at radius 1 is 1.50 bits per heavy atom. The number of hydrogen-bond donors (Lipinski definition) is 1. The molecule has 1 aromatic rings. The van der Waals surface area contributed by atoms with Crippen molar-refractivity contribution in [3.63, 3.8) is 0 Å². The number of thioether (sulfide) groups is 1. The second-order valence-electron chi connectivity index (χ2n) is 5.98. The second kappa shape index (κ2) is 11.0. The van der Waals surface area contributed by atoms with Crippen LogP contribution < -0.4 is 10.1 Å². The third-order valence-electron chi connectivity index (χ3n) is 3.89. The molecule has 136 valence electrons. The fraction of sp³-hybridized carbons (Fsp3) is 0.647. The molecule has 24 heavy (non-hydrogen) atoms. The summed E-state index contributed by atoms with van der Waals surface area (Å²) in [5, 5.41) is 4.10. The summed E-state index contributed by atoms with van der Waals surface area (Å²) in [6.45, 7) is 10.4. The van der Waals surface area contributed by atoms with Gasteiger partial charge in [-0.25, -0.2) is 9.98 Å². The molecule has 1 unspecified atom stereocenters. The van der Waals surface area contributed by atoms with E-state index in [1.165, 1.54) is 0 Å². The Morgan fingerprint density at radius 2 is 2.29 bits per heavy atom. The summed E-state index contributed by atoms with van der Waals surface area (Å²) < 4.78 is 5.09. The molecule has 0 radical (unpaired) electrons. The lowest BCUT2D eigenvalue weighted by molar-refractivity contribution is 0.380. The van der Waals surface area contributed by atoms with Gasteiger partial charge < -0.3 is 15.0 Å². The normalized spacial score (nSPS) is 18.3. The summed E-state index contributed by atoms with van der Waals surface area (Å²) in [7, 11) is 1.63. The van der Waals surface area contributed by atoms with E-state index in [0.717, 1.165) is 36.9 Å². The van der Waals surface area contributed by atoms with Crippen LogP contribution in [0.15, 0.2) is 23.3 Å². The zero-order chi connectivity index (χ0) is 16.7. The molecule has 2 rings (SSSR count). The van der Waals surface area contributed by atoms with Gasteiger partial charge in [0.05, 0.1) is 13.7 Å². The fourth-order valence-electron chi connectivity index (χ4n) is 2.49. The second-order valence-corrected chi connectivity index (χ2v) is 7.33. The van der Waals surface area contributed by atoms with Gasteiger partial charge >= 0.3 is 0 Å². The number of nitrogens with zero attached hydrogens (tertiary/aromatic N) is 3. The van der Waals surface area contributed by atoms with Crippen LogP contribution in [-0.4, -0.2) is 53.6 Å². The molecule has 1 aliphatic heterocycles. The van der Waals surface area contributed by atoms with Crippen molar-refractivity contribution >= 4 is 41.7 Å². The predicted octanol–water partition coefficient (Wildman–Crippen LogP) is 3.25. The SMILES string of the molecule is CCNC(=NCc1ccc(OC)nc1)N1CCSC(C(C)C)C1.I. The van der Waals surface area contributed by atoms with Gasteiger partial charge in [0.2, 0.25) is 5.88 Å². The molecule has 7 heteroatoms. The first-order valence-corrected chi connectivity index (χ1v) is 9.32. The highest BCUT2D eigenvalue weighted by Gasteiger charge is 2.24. The van der Waals surface area contributed by atoms with Gasteiger partial charge in [0.15, 0.2) is 5.96 Å². The summed E-state index contributed by atoms with van der Waals surface area (Å²) in [6.07, 6.45) is 1.83. The maximum Gasteiger partial charge on any atom is 0.212 e. The van der Waals surface area contributed by atoms with Gasteiger partial charge in [0, 0.05) is 42.9 Å². The molecule has 0 spiro atoms. The Hall–Kier alpha value is -0.700. The summed E-state index contributed by atoms with van der Waals surface area (Å²) in [5.74, 6) is 3.50. The number of nitrogens with one attached hydrogen (secondary N) is 1.